The monoisotopic (exact) mass is 858 g/mol. The van der Waals surface area contributed by atoms with Crippen LogP contribution < -0.4 is 21.3 Å². The standard InChI is InChI=1S/C40H30Cl4N8O6/c1-21(53)35(51-49-25-13-15-29(41)27(19-25)37(55)45-23-9-5-3-6-10-23)39(57)47-31-17-18-32(34(44)33(31)43)48-40(58)36(22(2)54)52-50-26-14-16-30(42)28(20-26)38(56)46-24-11-7-4-8-12-24/h3-20,35-36H,1-2H3,(H,45,55)(H,46,56)(H,47,57)(H,48,58). The molecule has 5 aromatic rings. The molecule has 0 aliphatic carbocycles. The van der Waals surface area contributed by atoms with Crippen molar-refractivity contribution in [2.75, 3.05) is 21.3 Å². The van der Waals surface area contributed by atoms with Crippen LogP contribution in [0.4, 0.5) is 34.1 Å². The largest absolute Gasteiger partial charge is 0.322 e. The lowest BCUT2D eigenvalue weighted by Gasteiger charge is -2.15. The number of halogens is 4. The molecule has 0 saturated heterocycles. The summed E-state index contributed by atoms with van der Waals surface area (Å²) in [4.78, 5) is 77.1. The number of carbonyl (C=O) groups excluding carboxylic acids is 6. The molecule has 0 aliphatic rings. The lowest BCUT2D eigenvalue weighted by Crippen LogP contribution is -2.32. The third-order valence-corrected chi connectivity index (χ3v) is 9.44. The van der Waals surface area contributed by atoms with Crippen molar-refractivity contribution in [3.8, 4) is 0 Å². The summed E-state index contributed by atoms with van der Waals surface area (Å²) >= 11 is 25.4. The fourth-order valence-corrected chi connectivity index (χ4v) is 5.80. The molecule has 5 aromatic carbocycles. The fourth-order valence-electron chi connectivity index (χ4n) is 4.97. The van der Waals surface area contributed by atoms with Gasteiger partial charge in [0.05, 0.1) is 54.0 Å². The Morgan fingerprint density at radius 3 is 1.19 bits per heavy atom. The number of carbonyl (C=O) groups is 6. The molecule has 2 atom stereocenters. The maximum absolute atomic E-state index is 13.2. The predicted octanol–water partition coefficient (Wildman–Crippen LogP) is 10.2. The number of amides is 4. The Kier molecular flexibility index (Phi) is 14.5. The Hall–Kier alpha value is -6.32. The van der Waals surface area contributed by atoms with Crippen LogP contribution >= 0.6 is 46.4 Å². The minimum atomic E-state index is -1.64. The molecule has 5 rings (SSSR count). The second-order valence-corrected chi connectivity index (χ2v) is 13.8. The lowest BCUT2D eigenvalue weighted by atomic mass is 10.1. The van der Waals surface area contributed by atoms with E-state index in [9.17, 15) is 28.8 Å². The topological polar surface area (TPSA) is 200 Å². The Morgan fingerprint density at radius 2 is 0.845 bits per heavy atom. The summed E-state index contributed by atoms with van der Waals surface area (Å²) in [5.41, 5.74) is 1.43. The van der Waals surface area contributed by atoms with Gasteiger partial charge in [0.2, 0.25) is 12.1 Å². The molecule has 2 unspecified atom stereocenters. The van der Waals surface area contributed by atoms with E-state index < -0.39 is 47.3 Å². The molecule has 4 amide bonds. The first-order chi connectivity index (χ1) is 27.7. The maximum Gasteiger partial charge on any atom is 0.258 e. The van der Waals surface area contributed by atoms with Crippen molar-refractivity contribution in [3.63, 3.8) is 0 Å². The summed E-state index contributed by atoms with van der Waals surface area (Å²) < 4.78 is 0. The number of rotatable bonds is 14. The minimum Gasteiger partial charge on any atom is -0.322 e. The second kappa shape index (κ2) is 19.7. The van der Waals surface area contributed by atoms with Crippen molar-refractivity contribution in [3.05, 3.63) is 140 Å². The Labute approximate surface area is 351 Å². The molecule has 0 fully saturated rings. The van der Waals surface area contributed by atoms with Crippen LogP contribution in [0.1, 0.15) is 34.6 Å². The first-order valence-corrected chi connectivity index (χ1v) is 18.5. The van der Waals surface area contributed by atoms with Crippen LogP contribution in [-0.4, -0.2) is 47.3 Å². The van der Waals surface area contributed by atoms with Crippen molar-refractivity contribution >= 4 is 116 Å². The van der Waals surface area contributed by atoms with Gasteiger partial charge in [-0.1, -0.05) is 82.8 Å². The van der Waals surface area contributed by atoms with Crippen LogP contribution in [0, 0.1) is 0 Å². The number of nitrogens with one attached hydrogen (secondary N) is 4. The van der Waals surface area contributed by atoms with Gasteiger partial charge in [-0.25, -0.2) is 0 Å². The summed E-state index contributed by atoms with van der Waals surface area (Å²) in [6.45, 7) is 2.27. The first-order valence-electron chi connectivity index (χ1n) is 17.0. The van der Waals surface area contributed by atoms with Gasteiger partial charge in [-0.15, -0.1) is 0 Å². The zero-order chi connectivity index (χ0) is 41.9. The van der Waals surface area contributed by atoms with E-state index in [0.29, 0.717) is 11.4 Å². The van der Waals surface area contributed by atoms with Gasteiger partial charge < -0.3 is 21.3 Å². The predicted molar refractivity (Wildman–Crippen MR) is 223 cm³/mol. The maximum atomic E-state index is 13.2. The van der Waals surface area contributed by atoms with E-state index in [4.69, 9.17) is 46.4 Å². The normalized spacial score (nSPS) is 12.1. The third kappa shape index (κ3) is 11.2. The van der Waals surface area contributed by atoms with Crippen molar-refractivity contribution in [2.45, 2.75) is 25.9 Å². The minimum absolute atomic E-state index is 0.0415. The highest BCUT2D eigenvalue weighted by atomic mass is 35.5. The van der Waals surface area contributed by atoms with Crippen LogP contribution in [0.15, 0.2) is 130 Å². The zero-order valence-corrected chi connectivity index (χ0v) is 33.3. The van der Waals surface area contributed by atoms with Crippen molar-refractivity contribution in [1.29, 1.82) is 0 Å². The first kappa shape index (κ1) is 42.8. The number of ketones is 2. The quantitative estimate of drug-likeness (QED) is 0.0632. The number of azo groups is 2. The SMILES string of the molecule is CC(=O)C(N=Nc1ccc(Cl)c(C(=O)Nc2ccccc2)c1)C(=O)Nc1ccc(NC(=O)C(N=Nc2ccc(Cl)c(C(=O)Nc3ccccc3)c2)C(C)=O)c(Cl)c1Cl. The number of benzene rings is 5. The molecule has 0 spiro atoms. The molecule has 18 heteroatoms. The van der Waals surface area contributed by atoms with Crippen LogP contribution in [0.5, 0.6) is 0 Å². The zero-order valence-electron chi connectivity index (χ0n) is 30.3. The van der Waals surface area contributed by atoms with E-state index in [1.54, 1.807) is 60.7 Å². The lowest BCUT2D eigenvalue weighted by molar-refractivity contribution is -0.127. The van der Waals surface area contributed by atoms with Gasteiger partial charge >= 0.3 is 0 Å². The smallest absolute Gasteiger partial charge is 0.258 e. The summed E-state index contributed by atoms with van der Waals surface area (Å²) in [5.74, 6) is -4.19. The Morgan fingerprint density at radius 1 is 0.483 bits per heavy atom. The van der Waals surface area contributed by atoms with E-state index in [2.05, 4.69) is 41.7 Å². The summed E-state index contributed by atoms with van der Waals surface area (Å²) in [7, 11) is 0. The number of hydrogen-bond acceptors (Lipinski definition) is 10. The highest BCUT2D eigenvalue weighted by Crippen LogP contribution is 2.37. The van der Waals surface area contributed by atoms with Gasteiger partial charge in [0.1, 0.15) is 0 Å². The van der Waals surface area contributed by atoms with E-state index in [1.807, 2.05) is 0 Å². The summed E-state index contributed by atoms with van der Waals surface area (Å²) in [5, 5.41) is 26.0. The molecule has 4 N–H and O–H groups in total. The van der Waals surface area contributed by atoms with E-state index in [1.165, 1.54) is 48.5 Å². The highest BCUT2D eigenvalue weighted by molar-refractivity contribution is 6.46. The van der Waals surface area contributed by atoms with Crippen LogP contribution in [0.25, 0.3) is 0 Å². The molecule has 0 bridgehead atoms. The number of hydrogen-bond donors (Lipinski definition) is 4. The average molecular weight is 861 g/mol. The molecule has 294 valence electrons. The molecule has 58 heavy (non-hydrogen) atoms. The number of para-hydroxylation sites is 2. The summed E-state index contributed by atoms with van der Waals surface area (Å²) in [6, 6.07) is 25.2. The van der Waals surface area contributed by atoms with E-state index in [0.717, 1.165) is 13.8 Å². The molecule has 0 aliphatic heterocycles. The second-order valence-electron chi connectivity index (χ2n) is 12.2. The number of nitrogens with zero attached hydrogens (tertiary/aromatic N) is 4. The van der Waals surface area contributed by atoms with Gasteiger partial charge in [0.15, 0.2) is 11.6 Å². The third-order valence-electron chi connectivity index (χ3n) is 7.89. The van der Waals surface area contributed by atoms with E-state index in [-0.39, 0.29) is 54.0 Å². The molecular formula is C40H30Cl4N8O6. The molecular weight excluding hydrogens is 830 g/mol. The van der Waals surface area contributed by atoms with Crippen molar-refractivity contribution in [1.82, 2.24) is 0 Å². The van der Waals surface area contributed by atoms with Gasteiger partial charge in [-0.05, 0) is 86.6 Å². The fraction of sp³-hybridized carbons (Fsp3) is 0.100. The van der Waals surface area contributed by atoms with E-state index >= 15 is 0 Å². The van der Waals surface area contributed by atoms with Gasteiger partial charge in [-0.3, -0.25) is 28.8 Å². The molecule has 0 heterocycles. The number of Topliss-reactive ketones (excluding diaryl/α,β-unsaturated/α-hetero) is 2. The van der Waals surface area contributed by atoms with Crippen LogP contribution in [0.3, 0.4) is 0 Å². The molecule has 0 radical (unpaired) electrons. The Bertz CT molecular complexity index is 2300. The molecule has 0 saturated carbocycles. The average Bonchev–Trinajstić information content (AvgIpc) is 3.19. The molecule has 14 nitrogen and oxygen atoms in total. The van der Waals surface area contributed by atoms with Crippen LogP contribution in [-0.2, 0) is 19.2 Å². The number of anilines is 4. The van der Waals surface area contributed by atoms with Crippen molar-refractivity contribution < 1.29 is 28.8 Å². The Balaban J connectivity index is 1.25. The summed E-state index contributed by atoms with van der Waals surface area (Å²) in [6.07, 6.45) is 0. The van der Waals surface area contributed by atoms with Crippen molar-refractivity contribution in [2.24, 2.45) is 20.5 Å². The van der Waals surface area contributed by atoms with Gasteiger partial charge in [0, 0.05) is 11.4 Å². The van der Waals surface area contributed by atoms with Crippen LogP contribution in [0.2, 0.25) is 20.1 Å². The molecule has 0 aromatic heterocycles. The van der Waals surface area contributed by atoms with Gasteiger partial charge in [-0.2, -0.15) is 20.5 Å². The highest BCUT2D eigenvalue weighted by Gasteiger charge is 2.27. The van der Waals surface area contributed by atoms with Gasteiger partial charge in [0.25, 0.3) is 23.6 Å².